The number of amides is 3. The molecule has 0 spiro atoms. The fourth-order valence-corrected chi connectivity index (χ4v) is 3.46. The van der Waals surface area contributed by atoms with Crippen LogP contribution in [0.3, 0.4) is 0 Å². The van der Waals surface area contributed by atoms with Crippen molar-refractivity contribution in [3.05, 3.63) is 70.9 Å². The van der Waals surface area contributed by atoms with Crippen molar-refractivity contribution in [2.24, 2.45) is 0 Å². The lowest BCUT2D eigenvalue weighted by atomic mass is 10.0. The van der Waals surface area contributed by atoms with Crippen LogP contribution in [-0.2, 0) is 11.2 Å². The third-order valence-corrected chi connectivity index (χ3v) is 5.37. The molecular weight excluding hydrogens is 444 g/mol. The quantitative estimate of drug-likeness (QED) is 0.394. The van der Waals surface area contributed by atoms with Gasteiger partial charge in [-0.3, -0.25) is 4.79 Å². The van der Waals surface area contributed by atoms with Crippen molar-refractivity contribution < 1.29 is 19.4 Å². The first kappa shape index (κ1) is 25.5. The molecule has 2 aromatic rings. The molecule has 3 rings (SSSR count). The van der Waals surface area contributed by atoms with Gasteiger partial charge >= 0.3 is 6.03 Å². The largest absolute Gasteiger partial charge is 0.489 e. The highest BCUT2D eigenvalue weighted by molar-refractivity contribution is 6.00. The van der Waals surface area contributed by atoms with Crippen LogP contribution in [-0.4, -0.2) is 48.6 Å². The standard InChI is InChI=1S/C27H30N4O4/c1-18(21(16-28)14-19-8-6-5-7-9-19)29-26(33)30-22-17-35-24-11-10-20(12-13-27(2,3)34)15-23(24)31(4)25(22)32/h5-11,15-16,22,28,34H,14,17H2,1-4H3,(H2,29,30,33)/b21-18-,28-16?/t22-/m0/s1. The van der Waals surface area contributed by atoms with Crippen LogP contribution < -0.4 is 20.3 Å². The second kappa shape index (κ2) is 10.9. The first-order valence-corrected chi connectivity index (χ1v) is 11.2. The SMILES string of the molecule is C/C(NC(=O)N[C@H]1COc2ccc(C#CC(C)(C)O)cc2N(C)C1=O)=C(/C=N)Cc1ccccc1. The van der Waals surface area contributed by atoms with Gasteiger partial charge in [0.25, 0.3) is 5.91 Å². The number of hydrogen-bond acceptors (Lipinski definition) is 5. The first-order valence-electron chi connectivity index (χ1n) is 11.2. The molecule has 3 amide bonds. The lowest BCUT2D eigenvalue weighted by molar-refractivity contribution is -0.120. The van der Waals surface area contributed by atoms with Gasteiger partial charge in [-0.05, 0) is 50.1 Å². The minimum atomic E-state index is -1.14. The number of nitrogens with zero attached hydrogens (tertiary/aromatic N) is 1. The minimum Gasteiger partial charge on any atom is -0.489 e. The fourth-order valence-electron chi connectivity index (χ4n) is 3.46. The van der Waals surface area contributed by atoms with Crippen LogP contribution in [0.1, 0.15) is 31.9 Å². The average molecular weight is 475 g/mol. The normalized spacial score (nSPS) is 16.0. The van der Waals surface area contributed by atoms with Gasteiger partial charge in [0.1, 0.15) is 24.0 Å². The monoisotopic (exact) mass is 474 g/mol. The van der Waals surface area contributed by atoms with Crippen LogP contribution in [0.2, 0.25) is 0 Å². The number of nitrogens with one attached hydrogen (secondary N) is 3. The number of fused-ring (bicyclic) bond motifs is 1. The predicted octanol–water partition coefficient (Wildman–Crippen LogP) is 3.00. The van der Waals surface area contributed by atoms with E-state index >= 15 is 0 Å². The van der Waals surface area contributed by atoms with Gasteiger partial charge in [0, 0.05) is 30.9 Å². The Hall–Kier alpha value is -4.09. The number of ether oxygens (including phenoxy) is 1. The molecule has 2 aromatic carbocycles. The lowest BCUT2D eigenvalue weighted by Crippen LogP contribution is -2.52. The zero-order valence-corrected chi connectivity index (χ0v) is 20.3. The van der Waals surface area contributed by atoms with Crippen LogP contribution in [0, 0.1) is 17.3 Å². The first-order chi connectivity index (χ1) is 16.6. The van der Waals surface area contributed by atoms with E-state index in [2.05, 4.69) is 22.5 Å². The van der Waals surface area contributed by atoms with Gasteiger partial charge in [0.15, 0.2) is 0 Å². The van der Waals surface area contributed by atoms with Crippen molar-refractivity contribution >= 4 is 23.8 Å². The highest BCUT2D eigenvalue weighted by atomic mass is 16.5. The maximum atomic E-state index is 13.1. The van der Waals surface area contributed by atoms with Crippen LogP contribution in [0.4, 0.5) is 10.5 Å². The maximum absolute atomic E-state index is 13.1. The van der Waals surface area contributed by atoms with Gasteiger partial charge in [-0.25, -0.2) is 4.79 Å². The topological polar surface area (TPSA) is 115 Å². The number of benzene rings is 2. The number of hydrogen-bond donors (Lipinski definition) is 4. The molecule has 0 fully saturated rings. The van der Waals surface area contributed by atoms with Gasteiger partial charge < -0.3 is 30.8 Å². The molecule has 4 N–H and O–H groups in total. The Balaban J connectivity index is 1.70. The Morgan fingerprint density at radius 1 is 1.29 bits per heavy atom. The zero-order chi connectivity index (χ0) is 25.6. The van der Waals surface area contributed by atoms with Crippen LogP contribution >= 0.6 is 0 Å². The summed E-state index contributed by atoms with van der Waals surface area (Å²) in [6.07, 6.45) is 1.71. The molecule has 0 bridgehead atoms. The van der Waals surface area contributed by atoms with E-state index < -0.39 is 17.7 Å². The molecule has 0 unspecified atom stereocenters. The van der Waals surface area contributed by atoms with Crippen molar-refractivity contribution in [1.82, 2.24) is 10.6 Å². The van der Waals surface area contributed by atoms with E-state index in [1.807, 2.05) is 30.3 Å². The summed E-state index contributed by atoms with van der Waals surface area (Å²) < 4.78 is 5.81. The van der Waals surface area contributed by atoms with Crippen LogP contribution in [0.5, 0.6) is 5.75 Å². The summed E-state index contributed by atoms with van der Waals surface area (Å²) in [5.74, 6) is 5.78. The maximum Gasteiger partial charge on any atom is 0.319 e. The molecule has 1 aliphatic heterocycles. The van der Waals surface area contributed by atoms with E-state index in [1.54, 1.807) is 46.0 Å². The predicted molar refractivity (Wildman–Crippen MR) is 136 cm³/mol. The van der Waals surface area contributed by atoms with E-state index in [0.717, 1.165) is 5.56 Å². The van der Waals surface area contributed by atoms with Crippen LogP contribution in [0.25, 0.3) is 0 Å². The highest BCUT2D eigenvalue weighted by Gasteiger charge is 2.30. The molecule has 35 heavy (non-hydrogen) atoms. The number of anilines is 1. The molecule has 182 valence electrons. The number of allylic oxidation sites excluding steroid dienone is 2. The Bertz CT molecular complexity index is 1200. The van der Waals surface area contributed by atoms with E-state index in [1.165, 1.54) is 11.1 Å². The van der Waals surface area contributed by atoms with Crippen molar-refractivity contribution in [2.45, 2.75) is 38.8 Å². The highest BCUT2D eigenvalue weighted by Crippen LogP contribution is 2.31. The lowest BCUT2D eigenvalue weighted by Gasteiger charge is -2.21. The van der Waals surface area contributed by atoms with Gasteiger partial charge in [-0.1, -0.05) is 42.2 Å². The van der Waals surface area contributed by atoms with Crippen molar-refractivity contribution in [3.8, 4) is 17.6 Å². The summed E-state index contributed by atoms with van der Waals surface area (Å²) in [4.78, 5) is 27.2. The number of urea groups is 1. The molecule has 0 aliphatic carbocycles. The van der Waals surface area contributed by atoms with Gasteiger partial charge in [0.2, 0.25) is 0 Å². The summed E-state index contributed by atoms with van der Waals surface area (Å²) in [5, 5.41) is 23.0. The second-order valence-corrected chi connectivity index (χ2v) is 8.81. The Kier molecular flexibility index (Phi) is 7.94. The molecule has 8 nitrogen and oxygen atoms in total. The van der Waals surface area contributed by atoms with Gasteiger partial charge in [0.05, 0.1) is 5.69 Å². The van der Waals surface area contributed by atoms with Crippen molar-refractivity contribution in [1.29, 1.82) is 5.41 Å². The summed E-state index contributed by atoms with van der Waals surface area (Å²) in [6.45, 7) is 4.86. The smallest absolute Gasteiger partial charge is 0.319 e. The Morgan fingerprint density at radius 3 is 2.66 bits per heavy atom. The van der Waals surface area contributed by atoms with E-state index in [0.29, 0.717) is 34.7 Å². The van der Waals surface area contributed by atoms with E-state index in [4.69, 9.17) is 10.1 Å². The molecule has 0 radical (unpaired) electrons. The minimum absolute atomic E-state index is 0.0392. The van der Waals surface area contributed by atoms with Crippen LogP contribution in [0.15, 0.2) is 59.8 Å². The molecule has 1 atom stereocenters. The molecular formula is C27H30N4O4. The molecule has 8 heteroatoms. The number of carbonyl (C=O) groups is 2. The fraction of sp³-hybridized carbons (Fsp3) is 0.296. The average Bonchev–Trinajstić information content (AvgIpc) is 2.93. The Labute approximate surface area is 205 Å². The van der Waals surface area contributed by atoms with Crippen molar-refractivity contribution in [3.63, 3.8) is 0 Å². The summed E-state index contributed by atoms with van der Waals surface area (Å²) in [7, 11) is 1.60. The molecule has 0 aromatic heterocycles. The van der Waals surface area contributed by atoms with Crippen molar-refractivity contribution in [2.75, 3.05) is 18.6 Å². The number of rotatable bonds is 5. The Morgan fingerprint density at radius 2 is 2.00 bits per heavy atom. The second-order valence-electron chi connectivity index (χ2n) is 8.81. The van der Waals surface area contributed by atoms with Gasteiger partial charge in [-0.2, -0.15) is 0 Å². The molecule has 0 saturated heterocycles. The molecule has 1 aliphatic rings. The third kappa shape index (κ3) is 6.95. The van der Waals surface area contributed by atoms with E-state index in [-0.39, 0.29) is 12.5 Å². The number of carbonyl (C=O) groups excluding carboxylic acids is 2. The molecule has 1 heterocycles. The van der Waals surface area contributed by atoms with E-state index in [9.17, 15) is 14.7 Å². The molecule has 0 saturated carbocycles. The van der Waals surface area contributed by atoms with Gasteiger partial charge in [-0.15, -0.1) is 0 Å². The summed E-state index contributed by atoms with van der Waals surface area (Å²) >= 11 is 0. The number of likely N-dealkylation sites (N-methyl/N-ethyl adjacent to an activating group) is 1. The summed E-state index contributed by atoms with van der Waals surface area (Å²) in [5.41, 5.74) is 2.20. The number of aliphatic hydroxyl groups is 1. The summed E-state index contributed by atoms with van der Waals surface area (Å²) in [6, 6.07) is 13.3. The third-order valence-electron chi connectivity index (χ3n) is 5.37. The zero-order valence-electron chi connectivity index (χ0n) is 20.3.